The van der Waals surface area contributed by atoms with Crippen molar-refractivity contribution in [3.63, 3.8) is 0 Å². The topological polar surface area (TPSA) is 135 Å². The van der Waals surface area contributed by atoms with Gasteiger partial charge in [0.2, 0.25) is 0 Å². The monoisotopic (exact) mass is 546 g/mol. The van der Waals surface area contributed by atoms with Crippen LogP contribution in [0.1, 0.15) is 46.5 Å². The number of fused-ring (bicyclic) bond motifs is 5. The number of rotatable bonds is 6. The van der Waals surface area contributed by atoms with Crippen molar-refractivity contribution in [3.8, 4) is 0 Å². The van der Waals surface area contributed by atoms with Crippen LogP contribution in [0.3, 0.4) is 0 Å². The highest BCUT2D eigenvalue weighted by Crippen LogP contribution is 2.70. The van der Waals surface area contributed by atoms with E-state index in [0.717, 1.165) is 0 Å². The number of esters is 1. The van der Waals surface area contributed by atoms with Gasteiger partial charge in [0.05, 0.1) is 23.2 Å². The third-order valence-corrected chi connectivity index (χ3v) is 10.9. The number of hydrogen-bond donors (Lipinski definition) is 2. The molecule has 3 saturated carbocycles. The van der Waals surface area contributed by atoms with Gasteiger partial charge >= 0.3 is 5.97 Å². The molecule has 0 heterocycles. The maximum absolute atomic E-state index is 15.5. The fourth-order valence-electron chi connectivity index (χ4n) is 7.78. The number of Topliss-reactive ketones (excluding diaryl/α,β-unsaturated/α-hetero) is 1. The van der Waals surface area contributed by atoms with E-state index >= 15 is 4.39 Å². The molecule has 200 valence electrons. The van der Waals surface area contributed by atoms with E-state index in [4.69, 9.17) is 20.9 Å². The maximum atomic E-state index is 15.5. The molecule has 0 aromatic rings. The Hall–Kier alpha value is -1.62. The third-order valence-electron chi connectivity index (χ3n) is 9.25. The van der Waals surface area contributed by atoms with Crippen LogP contribution in [0.15, 0.2) is 23.8 Å². The van der Waals surface area contributed by atoms with Crippen molar-refractivity contribution in [1.29, 1.82) is 0 Å². The van der Waals surface area contributed by atoms with Gasteiger partial charge in [-0.15, -0.1) is 11.6 Å². The molecule has 11 heteroatoms. The normalized spacial score (nSPS) is 43.8. The zero-order valence-corrected chi connectivity index (χ0v) is 22.0. The number of halogens is 2. The zero-order valence-electron chi connectivity index (χ0n) is 20.4. The molecule has 1 unspecified atom stereocenters. The molecule has 36 heavy (non-hydrogen) atoms. The van der Waals surface area contributed by atoms with Crippen LogP contribution in [0.25, 0.3) is 0 Å². The summed E-state index contributed by atoms with van der Waals surface area (Å²) < 4.78 is 51.0. The smallest absolute Gasteiger partial charge is 0.307 e. The van der Waals surface area contributed by atoms with Crippen molar-refractivity contribution >= 4 is 39.3 Å². The van der Waals surface area contributed by atoms with Crippen molar-refractivity contribution < 1.29 is 41.6 Å². The van der Waals surface area contributed by atoms with Crippen LogP contribution in [-0.2, 0) is 29.2 Å². The Kier molecular flexibility index (Phi) is 6.85. The number of hydrogen-bond acceptors (Lipinski definition) is 7. The van der Waals surface area contributed by atoms with Crippen molar-refractivity contribution in [1.82, 2.24) is 0 Å². The number of aliphatic hydroxyl groups is 1. The number of alkyl halides is 2. The molecule has 0 amide bonds. The van der Waals surface area contributed by atoms with Gasteiger partial charge in [0.15, 0.2) is 11.6 Å². The second-order valence-electron chi connectivity index (χ2n) is 11.3. The second kappa shape index (κ2) is 8.99. The summed E-state index contributed by atoms with van der Waals surface area (Å²) in [6.07, 6.45) is 1.94. The van der Waals surface area contributed by atoms with E-state index in [1.54, 1.807) is 13.0 Å². The minimum absolute atomic E-state index is 0.0294. The van der Waals surface area contributed by atoms with Crippen molar-refractivity contribution in [3.05, 3.63) is 23.8 Å². The Balaban J connectivity index is 1.59. The molecule has 0 aliphatic heterocycles. The van der Waals surface area contributed by atoms with Crippen LogP contribution in [-0.4, -0.2) is 65.1 Å². The quantitative estimate of drug-likeness (QED) is 0.295. The van der Waals surface area contributed by atoms with Crippen LogP contribution in [0.5, 0.6) is 0 Å². The molecule has 2 N–H and O–H groups in total. The third kappa shape index (κ3) is 4.18. The van der Waals surface area contributed by atoms with E-state index in [9.17, 15) is 27.9 Å². The van der Waals surface area contributed by atoms with Gasteiger partial charge in [0.25, 0.3) is 10.1 Å². The molecular formula is C25H32ClFO8S. The first-order valence-electron chi connectivity index (χ1n) is 12.1. The molecule has 0 aromatic carbocycles. The van der Waals surface area contributed by atoms with E-state index in [1.165, 1.54) is 12.2 Å². The summed E-state index contributed by atoms with van der Waals surface area (Å²) in [5.74, 6) is -3.79. The lowest BCUT2D eigenvalue weighted by Gasteiger charge is -2.63. The average Bonchev–Trinajstić information content (AvgIpc) is 3.03. The fraction of sp³-hybridized carbons (Fsp3) is 0.720. The average molecular weight is 547 g/mol. The van der Waals surface area contributed by atoms with Crippen LogP contribution in [0.2, 0.25) is 0 Å². The highest BCUT2D eigenvalue weighted by atomic mass is 35.5. The largest absolute Gasteiger partial charge is 0.458 e. The Morgan fingerprint density at radius 1 is 1.25 bits per heavy atom. The molecule has 4 aliphatic rings. The lowest BCUT2D eigenvalue weighted by Crippen LogP contribution is -2.67. The van der Waals surface area contributed by atoms with E-state index in [2.05, 4.69) is 0 Å². The molecule has 9 atom stereocenters. The van der Waals surface area contributed by atoms with Crippen LogP contribution in [0.4, 0.5) is 4.39 Å². The first-order chi connectivity index (χ1) is 16.5. The second-order valence-corrected chi connectivity index (χ2v) is 13.5. The molecule has 3 fully saturated rings. The molecule has 8 nitrogen and oxygen atoms in total. The Morgan fingerprint density at radius 2 is 1.92 bits per heavy atom. The minimum Gasteiger partial charge on any atom is -0.458 e. The van der Waals surface area contributed by atoms with Gasteiger partial charge in [-0.2, -0.15) is 8.42 Å². The Morgan fingerprint density at radius 3 is 2.56 bits per heavy atom. The maximum Gasteiger partial charge on any atom is 0.307 e. The molecular weight excluding hydrogens is 515 g/mol. The molecule has 0 saturated heterocycles. The van der Waals surface area contributed by atoms with E-state index in [0.29, 0.717) is 6.42 Å². The number of aliphatic hydroxyl groups excluding tert-OH is 1. The van der Waals surface area contributed by atoms with Gasteiger partial charge in [0, 0.05) is 11.3 Å². The highest BCUT2D eigenvalue weighted by Gasteiger charge is 2.71. The summed E-state index contributed by atoms with van der Waals surface area (Å²) in [6, 6.07) is 0. The number of ketones is 2. The Labute approximate surface area is 215 Å². The lowest BCUT2D eigenvalue weighted by atomic mass is 9.46. The van der Waals surface area contributed by atoms with Gasteiger partial charge in [-0.05, 0) is 60.2 Å². The van der Waals surface area contributed by atoms with E-state index in [1.807, 2.05) is 13.8 Å². The standard InChI is InChI=1S/C25H32ClFO8S/c1-13-8-15-16-10-18(27)17-9-14(28)4-6-24(17,3)25(16,26)20(30)11-23(15,2)22(13)19(29)12-35-21(31)5-7-36(32,33)34/h4,6,9,13,15-16,18,20,22,30H,5,7-8,10-12H2,1-3H3,(H,32,33,34)/t13-,15+,16+,18+,20+,22-,23+,24+,25?/m1/s1. The Bertz CT molecular complexity index is 1150. The number of ether oxygens (including phenoxy) is 1. The molecule has 4 aliphatic carbocycles. The zero-order chi connectivity index (χ0) is 26.8. The lowest BCUT2D eigenvalue weighted by molar-refractivity contribution is -0.153. The van der Waals surface area contributed by atoms with E-state index < -0.39 is 74.7 Å². The minimum atomic E-state index is -4.34. The first kappa shape index (κ1) is 27.4. The number of carbonyl (C=O) groups excluding carboxylic acids is 3. The van der Waals surface area contributed by atoms with Gasteiger partial charge in [-0.1, -0.05) is 26.8 Å². The van der Waals surface area contributed by atoms with Gasteiger partial charge in [-0.25, -0.2) is 4.39 Å². The van der Waals surface area contributed by atoms with Gasteiger partial charge in [-0.3, -0.25) is 18.9 Å². The predicted octanol–water partition coefficient (Wildman–Crippen LogP) is 2.83. The molecule has 0 radical (unpaired) electrons. The van der Waals surface area contributed by atoms with Gasteiger partial charge in [0.1, 0.15) is 12.8 Å². The van der Waals surface area contributed by atoms with Crippen molar-refractivity contribution in [2.75, 3.05) is 12.4 Å². The first-order valence-corrected chi connectivity index (χ1v) is 14.1. The molecule has 4 rings (SSSR count). The SMILES string of the molecule is C[C@@H]1C[C@H]2[C@@H]3C[C@H](F)C4=CC(=O)C=C[C@]4(C)C3(Cl)[C@@H](O)C[C@]2(C)[C@H]1C(=O)COC(=O)CCS(=O)(=O)O. The summed E-state index contributed by atoms with van der Waals surface area (Å²) in [4.78, 5) is 35.9. The summed E-state index contributed by atoms with van der Waals surface area (Å²) in [5.41, 5.74) is -1.52. The fourth-order valence-corrected chi connectivity index (χ4v) is 8.70. The highest BCUT2D eigenvalue weighted by molar-refractivity contribution is 7.85. The van der Waals surface area contributed by atoms with E-state index in [-0.39, 0.29) is 41.8 Å². The molecule has 0 bridgehead atoms. The van der Waals surface area contributed by atoms with Crippen LogP contribution >= 0.6 is 11.6 Å². The molecule has 0 aromatic heterocycles. The summed E-state index contributed by atoms with van der Waals surface area (Å²) >= 11 is 7.29. The van der Waals surface area contributed by atoms with Crippen molar-refractivity contribution in [2.24, 2.45) is 34.5 Å². The predicted molar refractivity (Wildman–Crippen MR) is 128 cm³/mol. The summed E-state index contributed by atoms with van der Waals surface area (Å²) in [7, 11) is -4.34. The van der Waals surface area contributed by atoms with Crippen molar-refractivity contribution in [2.45, 2.75) is 63.6 Å². The molecule has 0 spiro atoms. The number of carbonyl (C=O) groups is 3. The summed E-state index contributed by atoms with van der Waals surface area (Å²) in [6.45, 7) is 4.99. The van der Waals surface area contributed by atoms with Crippen LogP contribution < -0.4 is 0 Å². The van der Waals surface area contributed by atoms with Gasteiger partial charge < -0.3 is 9.84 Å². The summed E-state index contributed by atoms with van der Waals surface area (Å²) in [5, 5.41) is 11.5. The number of allylic oxidation sites excluding steroid dienone is 4. The van der Waals surface area contributed by atoms with Crippen LogP contribution in [0, 0.1) is 34.5 Å².